The summed E-state index contributed by atoms with van der Waals surface area (Å²) in [5, 5.41) is 0. The molecule has 5 heteroatoms. The predicted octanol–water partition coefficient (Wildman–Crippen LogP) is 4.02. The fraction of sp³-hybridized carbons (Fsp3) is 0.429. The smallest absolute Gasteiger partial charge is 0.309 e. The summed E-state index contributed by atoms with van der Waals surface area (Å²) in [5.41, 5.74) is 3.36. The number of Topliss-reactive ketones (excluding diaryl/α,β-unsaturated/α-hetero) is 1. The van der Waals surface area contributed by atoms with Gasteiger partial charge in [-0.15, -0.1) is 0 Å². The molecule has 138 valence electrons. The van der Waals surface area contributed by atoms with Crippen molar-refractivity contribution >= 4 is 11.8 Å². The molecule has 0 amide bonds. The van der Waals surface area contributed by atoms with E-state index in [-0.39, 0.29) is 24.3 Å². The van der Waals surface area contributed by atoms with Crippen molar-refractivity contribution in [2.45, 2.75) is 40.0 Å². The molecule has 2 aromatic rings. The van der Waals surface area contributed by atoms with Crippen molar-refractivity contribution < 1.29 is 19.1 Å². The summed E-state index contributed by atoms with van der Waals surface area (Å²) in [6.45, 7) is 6.25. The summed E-state index contributed by atoms with van der Waals surface area (Å²) in [6, 6.07) is 9.62. The van der Waals surface area contributed by atoms with E-state index in [0.29, 0.717) is 12.2 Å². The molecular formula is C21H25NO4. The maximum atomic E-state index is 12.5. The number of benzene rings is 1. The van der Waals surface area contributed by atoms with Gasteiger partial charge < -0.3 is 14.0 Å². The summed E-state index contributed by atoms with van der Waals surface area (Å²) in [4.78, 5) is 24.4. The van der Waals surface area contributed by atoms with E-state index in [1.165, 1.54) is 0 Å². The van der Waals surface area contributed by atoms with Gasteiger partial charge in [-0.1, -0.05) is 6.42 Å². The highest BCUT2D eigenvalue weighted by molar-refractivity contribution is 5.99. The molecule has 0 saturated heterocycles. The van der Waals surface area contributed by atoms with Crippen molar-refractivity contribution in [2.75, 3.05) is 13.2 Å². The number of hydrogen-bond acceptors (Lipinski definition) is 4. The van der Waals surface area contributed by atoms with E-state index in [2.05, 4.69) is 0 Å². The first-order valence-electron chi connectivity index (χ1n) is 9.13. The van der Waals surface area contributed by atoms with Gasteiger partial charge in [-0.25, -0.2) is 0 Å². The van der Waals surface area contributed by atoms with Crippen LogP contribution in [0.25, 0.3) is 5.69 Å². The fourth-order valence-corrected chi connectivity index (χ4v) is 3.28. The Balaban J connectivity index is 1.74. The third-order valence-electron chi connectivity index (χ3n) is 4.92. The Morgan fingerprint density at radius 1 is 1.15 bits per heavy atom. The lowest BCUT2D eigenvalue weighted by molar-refractivity contribution is -0.150. The molecule has 1 fully saturated rings. The summed E-state index contributed by atoms with van der Waals surface area (Å²) < 4.78 is 12.7. The molecule has 26 heavy (non-hydrogen) atoms. The minimum atomic E-state index is -0.245. The van der Waals surface area contributed by atoms with Crippen molar-refractivity contribution in [3.8, 4) is 11.4 Å². The standard InChI is InChI=1S/C21H25NO4/c1-4-25-18-10-8-17(9-11-18)22-14(2)12-19(15(22)3)20(23)13-26-21(24)16-6-5-7-16/h8-12,16H,4-7,13H2,1-3H3. The highest BCUT2D eigenvalue weighted by Gasteiger charge is 2.27. The van der Waals surface area contributed by atoms with Crippen LogP contribution in [0.5, 0.6) is 5.75 Å². The van der Waals surface area contributed by atoms with Gasteiger partial charge in [0.05, 0.1) is 12.5 Å². The topological polar surface area (TPSA) is 57.5 Å². The maximum absolute atomic E-state index is 12.5. The number of carbonyl (C=O) groups excluding carboxylic acids is 2. The minimum absolute atomic E-state index is 0.0147. The normalized spacial score (nSPS) is 14.0. The molecule has 1 heterocycles. The van der Waals surface area contributed by atoms with Crippen LogP contribution < -0.4 is 4.74 Å². The van der Waals surface area contributed by atoms with Gasteiger partial charge in [-0.3, -0.25) is 9.59 Å². The Labute approximate surface area is 153 Å². The van der Waals surface area contributed by atoms with Crippen LogP contribution in [0.3, 0.4) is 0 Å². The molecule has 1 aromatic heterocycles. The quantitative estimate of drug-likeness (QED) is 0.556. The average molecular weight is 355 g/mol. The number of hydrogen-bond donors (Lipinski definition) is 0. The third kappa shape index (κ3) is 3.66. The molecule has 0 bridgehead atoms. The Morgan fingerprint density at radius 2 is 1.85 bits per heavy atom. The number of nitrogens with zero attached hydrogens (tertiary/aromatic N) is 1. The van der Waals surface area contributed by atoms with Crippen molar-refractivity contribution in [1.82, 2.24) is 4.57 Å². The van der Waals surface area contributed by atoms with E-state index in [9.17, 15) is 9.59 Å². The van der Waals surface area contributed by atoms with Crippen molar-refractivity contribution in [3.63, 3.8) is 0 Å². The number of ketones is 1. The molecule has 0 atom stereocenters. The number of esters is 1. The van der Waals surface area contributed by atoms with Gasteiger partial charge >= 0.3 is 5.97 Å². The van der Waals surface area contributed by atoms with Gasteiger partial charge in [0.2, 0.25) is 5.78 Å². The molecule has 0 N–H and O–H groups in total. The summed E-state index contributed by atoms with van der Waals surface area (Å²) >= 11 is 0. The van der Waals surface area contributed by atoms with E-state index in [1.54, 1.807) is 0 Å². The van der Waals surface area contributed by atoms with E-state index in [0.717, 1.165) is 42.1 Å². The molecule has 1 aromatic carbocycles. The Morgan fingerprint density at radius 3 is 2.42 bits per heavy atom. The zero-order valence-electron chi connectivity index (χ0n) is 15.6. The Kier molecular flexibility index (Phi) is 5.45. The van der Waals surface area contributed by atoms with Crippen LogP contribution in [-0.2, 0) is 9.53 Å². The van der Waals surface area contributed by atoms with Gasteiger partial charge in [0.25, 0.3) is 0 Å². The van der Waals surface area contributed by atoms with Gasteiger partial charge in [0, 0.05) is 22.6 Å². The second kappa shape index (κ2) is 7.77. The van der Waals surface area contributed by atoms with E-state index < -0.39 is 0 Å². The van der Waals surface area contributed by atoms with Crippen molar-refractivity contribution in [1.29, 1.82) is 0 Å². The largest absolute Gasteiger partial charge is 0.494 e. The van der Waals surface area contributed by atoms with Gasteiger partial charge in [0.1, 0.15) is 5.75 Å². The number of ether oxygens (including phenoxy) is 2. The number of carbonyl (C=O) groups is 2. The van der Waals surface area contributed by atoms with E-state index >= 15 is 0 Å². The Bertz CT molecular complexity index is 800. The highest BCUT2D eigenvalue weighted by atomic mass is 16.5. The lowest BCUT2D eigenvalue weighted by Crippen LogP contribution is -2.26. The Hall–Kier alpha value is -2.56. The van der Waals surface area contributed by atoms with Crippen LogP contribution >= 0.6 is 0 Å². The van der Waals surface area contributed by atoms with Gasteiger partial charge in [0.15, 0.2) is 6.61 Å². The molecule has 1 saturated carbocycles. The number of aryl methyl sites for hydroxylation is 1. The molecular weight excluding hydrogens is 330 g/mol. The van der Waals surface area contributed by atoms with Crippen LogP contribution in [0.1, 0.15) is 47.9 Å². The van der Waals surface area contributed by atoms with Crippen LogP contribution in [0.15, 0.2) is 30.3 Å². The summed E-state index contributed by atoms with van der Waals surface area (Å²) in [7, 11) is 0. The first kappa shape index (κ1) is 18.2. The first-order chi connectivity index (χ1) is 12.5. The lowest BCUT2D eigenvalue weighted by Gasteiger charge is -2.22. The molecule has 1 aliphatic carbocycles. The van der Waals surface area contributed by atoms with Crippen LogP contribution in [0.2, 0.25) is 0 Å². The second-order valence-corrected chi connectivity index (χ2v) is 6.71. The minimum Gasteiger partial charge on any atom is -0.494 e. The molecule has 1 aliphatic rings. The van der Waals surface area contributed by atoms with Crippen LogP contribution in [0, 0.1) is 19.8 Å². The third-order valence-corrected chi connectivity index (χ3v) is 4.92. The molecule has 0 aliphatic heterocycles. The highest BCUT2D eigenvalue weighted by Crippen LogP contribution is 2.28. The summed E-state index contributed by atoms with van der Waals surface area (Å²) in [5.74, 6) is 0.393. The number of rotatable bonds is 7. The lowest BCUT2D eigenvalue weighted by atomic mass is 9.86. The van der Waals surface area contributed by atoms with Crippen molar-refractivity contribution in [2.24, 2.45) is 5.92 Å². The first-order valence-corrected chi connectivity index (χ1v) is 9.13. The maximum Gasteiger partial charge on any atom is 0.309 e. The van der Waals surface area contributed by atoms with Gasteiger partial charge in [-0.2, -0.15) is 0 Å². The molecule has 0 radical (unpaired) electrons. The number of aromatic nitrogens is 1. The van der Waals surface area contributed by atoms with Crippen molar-refractivity contribution in [3.05, 3.63) is 47.3 Å². The SMILES string of the molecule is CCOc1ccc(-n2c(C)cc(C(=O)COC(=O)C3CCC3)c2C)cc1. The monoisotopic (exact) mass is 355 g/mol. The molecule has 0 unspecified atom stereocenters. The second-order valence-electron chi connectivity index (χ2n) is 6.71. The van der Waals surface area contributed by atoms with Crippen LogP contribution in [0.4, 0.5) is 0 Å². The van der Waals surface area contributed by atoms with E-state index in [4.69, 9.17) is 9.47 Å². The fourth-order valence-electron chi connectivity index (χ4n) is 3.28. The molecule has 5 nitrogen and oxygen atoms in total. The molecule has 3 rings (SSSR count). The predicted molar refractivity (Wildman–Crippen MR) is 99.0 cm³/mol. The molecule has 0 spiro atoms. The zero-order valence-corrected chi connectivity index (χ0v) is 15.6. The summed E-state index contributed by atoms with van der Waals surface area (Å²) in [6.07, 6.45) is 2.81. The van der Waals surface area contributed by atoms with E-state index in [1.807, 2.05) is 55.7 Å². The van der Waals surface area contributed by atoms with Crippen LogP contribution in [-0.4, -0.2) is 29.5 Å². The average Bonchev–Trinajstić information content (AvgIpc) is 2.87. The zero-order chi connectivity index (χ0) is 18.7. The van der Waals surface area contributed by atoms with Gasteiger partial charge in [-0.05, 0) is 63.9 Å².